The highest BCUT2D eigenvalue weighted by Gasteiger charge is 2.49. The van der Waals surface area contributed by atoms with E-state index in [0.717, 1.165) is 19.3 Å². The fraction of sp³-hybridized carbons (Fsp3) is 0.909. The fourth-order valence-electron chi connectivity index (χ4n) is 2.78. The molecule has 2 fully saturated rings. The first kappa shape index (κ1) is 12.0. The van der Waals surface area contributed by atoms with Crippen LogP contribution in [0.5, 0.6) is 0 Å². The van der Waals surface area contributed by atoms with Crippen molar-refractivity contribution in [1.29, 1.82) is 0 Å². The van der Waals surface area contributed by atoms with Crippen molar-refractivity contribution in [1.82, 2.24) is 0 Å². The highest BCUT2D eigenvalue weighted by Crippen LogP contribution is 2.38. The summed E-state index contributed by atoms with van der Waals surface area (Å²) in [7, 11) is -0.791. The number of carbonyl (C=O) groups excluding carboxylic acids is 1. The summed E-state index contributed by atoms with van der Waals surface area (Å²) < 4.78 is 17.0. The quantitative estimate of drug-likeness (QED) is 0.727. The molecule has 2 rings (SSSR count). The molecule has 0 aromatic carbocycles. The van der Waals surface area contributed by atoms with Gasteiger partial charge in [-0.1, -0.05) is 6.42 Å². The number of hydrogen-bond donors (Lipinski definition) is 1. The first-order chi connectivity index (χ1) is 7.57. The molecule has 2 heterocycles. The van der Waals surface area contributed by atoms with Crippen molar-refractivity contribution in [2.45, 2.75) is 55.1 Å². The number of esters is 1. The molecule has 0 spiro atoms. The Morgan fingerprint density at radius 3 is 2.50 bits per heavy atom. The maximum absolute atomic E-state index is 12.0. The molecule has 0 aromatic rings. The van der Waals surface area contributed by atoms with Crippen LogP contribution in [0.2, 0.25) is 0 Å². The van der Waals surface area contributed by atoms with Gasteiger partial charge in [-0.15, -0.1) is 0 Å². The third-order valence-corrected chi connectivity index (χ3v) is 5.69. The smallest absolute Gasteiger partial charge is 0.326 e. The zero-order valence-corrected chi connectivity index (χ0v) is 10.4. The largest absolute Gasteiger partial charge is 0.465 e. The van der Waals surface area contributed by atoms with Crippen LogP contribution in [0.25, 0.3) is 0 Å². The zero-order chi connectivity index (χ0) is 11.8. The standard InChI is InChI=1S/C11H19NO3S/c1-2-15-10(13)11(12)6-8-4-3-5-9(7-11)16(8)14/h8-9H,2-7,12H2,1H3. The predicted octanol–water partition coefficient (Wildman–Crippen LogP) is 0.711. The van der Waals surface area contributed by atoms with Gasteiger partial charge in [-0.2, -0.15) is 0 Å². The van der Waals surface area contributed by atoms with Crippen LogP contribution in [0.3, 0.4) is 0 Å². The Kier molecular flexibility index (Phi) is 3.35. The maximum atomic E-state index is 12.0. The molecule has 0 aliphatic carbocycles. The molecule has 0 saturated carbocycles. The highest BCUT2D eigenvalue weighted by atomic mass is 32.2. The summed E-state index contributed by atoms with van der Waals surface area (Å²) >= 11 is 0. The molecule has 2 aliphatic rings. The van der Waals surface area contributed by atoms with Gasteiger partial charge in [0.1, 0.15) is 5.54 Å². The average Bonchev–Trinajstić information content (AvgIpc) is 2.21. The summed E-state index contributed by atoms with van der Waals surface area (Å²) in [5.74, 6) is -0.316. The summed E-state index contributed by atoms with van der Waals surface area (Å²) in [5, 5.41) is 0.198. The van der Waals surface area contributed by atoms with E-state index in [9.17, 15) is 9.00 Å². The second kappa shape index (κ2) is 4.45. The van der Waals surface area contributed by atoms with Crippen molar-refractivity contribution in [2.24, 2.45) is 5.73 Å². The number of ether oxygens (including phenoxy) is 1. The molecular weight excluding hydrogens is 226 g/mol. The number of nitrogens with two attached hydrogens (primary N) is 1. The molecule has 4 nitrogen and oxygen atoms in total. The third-order valence-electron chi connectivity index (χ3n) is 3.58. The van der Waals surface area contributed by atoms with Crippen molar-refractivity contribution in [3.63, 3.8) is 0 Å². The predicted molar refractivity (Wildman–Crippen MR) is 62.4 cm³/mol. The van der Waals surface area contributed by atoms with Crippen molar-refractivity contribution >= 4 is 16.8 Å². The van der Waals surface area contributed by atoms with E-state index in [-0.39, 0.29) is 16.5 Å². The molecule has 2 bridgehead atoms. The highest BCUT2D eigenvalue weighted by molar-refractivity contribution is 7.86. The minimum Gasteiger partial charge on any atom is -0.465 e. The number of hydrogen-bond acceptors (Lipinski definition) is 4. The van der Waals surface area contributed by atoms with E-state index < -0.39 is 16.3 Å². The van der Waals surface area contributed by atoms with E-state index in [1.807, 2.05) is 0 Å². The molecule has 0 aromatic heterocycles. The van der Waals surface area contributed by atoms with Gasteiger partial charge < -0.3 is 10.5 Å². The van der Waals surface area contributed by atoms with E-state index in [1.165, 1.54) is 0 Å². The van der Waals surface area contributed by atoms with Crippen LogP contribution < -0.4 is 5.73 Å². The zero-order valence-electron chi connectivity index (χ0n) is 9.61. The lowest BCUT2D eigenvalue weighted by molar-refractivity contribution is -0.150. The van der Waals surface area contributed by atoms with E-state index in [0.29, 0.717) is 19.4 Å². The summed E-state index contributed by atoms with van der Waals surface area (Å²) in [6.45, 7) is 2.14. The molecule has 5 heteroatoms. The normalized spacial score (nSPS) is 42.8. The molecule has 0 amide bonds. The molecular formula is C11H19NO3S. The van der Waals surface area contributed by atoms with Gasteiger partial charge in [0.05, 0.1) is 6.61 Å². The lowest BCUT2D eigenvalue weighted by Crippen LogP contribution is -2.59. The van der Waals surface area contributed by atoms with E-state index >= 15 is 0 Å². The van der Waals surface area contributed by atoms with E-state index in [4.69, 9.17) is 10.5 Å². The van der Waals surface area contributed by atoms with Crippen LogP contribution >= 0.6 is 0 Å². The van der Waals surface area contributed by atoms with Crippen LogP contribution in [0, 0.1) is 0 Å². The molecule has 2 saturated heterocycles. The van der Waals surface area contributed by atoms with Crippen molar-refractivity contribution in [2.75, 3.05) is 6.61 Å². The topological polar surface area (TPSA) is 69.4 Å². The number of fused-ring (bicyclic) bond motifs is 2. The lowest BCUT2D eigenvalue weighted by atomic mass is 9.83. The Balaban J connectivity index is 2.13. The second-order valence-electron chi connectivity index (χ2n) is 4.79. The molecule has 0 radical (unpaired) electrons. The number of rotatable bonds is 2. The van der Waals surface area contributed by atoms with Gasteiger partial charge in [0.2, 0.25) is 0 Å². The first-order valence-corrected chi connectivity index (χ1v) is 7.20. The monoisotopic (exact) mass is 245 g/mol. The van der Waals surface area contributed by atoms with Crippen molar-refractivity contribution < 1.29 is 13.7 Å². The Hall–Kier alpha value is -0.420. The van der Waals surface area contributed by atoms with Gasteiger partial charge in [-0.25, -0.2) is 0 Å². The van der Waals surface area contributed by atoms with Crippen molar-refractivity contribution in [3.05, 3.63) is 0 Å². The molecule has 2 aliphatic heterocycles. The molecule has 2 unspecified atom stereocenters. The minimum absolute atomic E-state index is 0.0990. The summed E-state index contributed by atoms with van der Waals surface area (Å²) in [6, 6.07) is 0. The van der Waals surface area contributed by atoms with Crippen LogP contribution in [0.1, 0.15) is 39.0 Å². The van der Waals surface area contributed by atoms with Gasteiger partial charge in [-0.3, -0.25) is 9.00 Å². The molecule has 92 valence electrons. The van der Waals surface area contributed by atoms with Gasteiger partial charge in [0, 0.05) is 21.3 Å². The third kappa shape index (κ3) is 2.02. The van der Waals surface area contributed by atoms with E-state index in [2.05, 4.69) is 0 Å². The van der Waals surface area contributed by atoms with Gasteiger partial charge in [0.25, 0.3) is 0 Å². The van der Waals surface area contributed by atoms with Gasteiger partial charge >= 0.3 is 5.97 Å². The van der Waals surface area contributed by atoms with Crippen LogP contribution in [0.4, 0.5) is 0 Å². The lowest BCUT2D eigenvalue weighted by Gasteiger charge is -2.42. The maximum Gasteiger partial charge on any atom is 0.326 e. The van der Waals surface area contributed by atoms with Crippen LogP contribution in [0.15, 0.2) is 0 Å². The average molecular weight is 245 g/mol. The fourth-order valence-corrected chi connectivity index (χ4v) is 5.05. The van der Waals surface area contributed by atoms with Gasteiger partial charge in [0.15, 0.2) is 0 Å². The van der Waals surface area contributed by atoms with E-state index in [1.54, 1.807) is 6.92 Å². The minimum atomic E-state index is -0.889. The Bertz CT molecular complexity index is 302. The Labute approximate surface area is 98.4 Å². The Morgan fingerprint density at radius 1 is 1.44 bits per heavy atom. The summed E-state index contributed by atoms with van der Waals surface area (Å²) in [4.78, 5) is 11.8. The first-order valence-electron chi connectivity index (χ1n) is 5.92. The summed E-state index contributed by atoms with van der Waals surface area (Å²) in [6.07, 6.45) is 4.02. The summed E-state index contributed by atoms with van der Waals surface area (Å²) in [5.41, 5.74) is 5.24. The van der Waals surface area contributed by atoms with Crippen LogP contribution in [-0.4, -0.2) is 32.8 Å². The second-order valence-corrected chi connectivity index (χ2v) is 6.78. The molecule has 16 heavy (non-hydrogen) atoms. The van der Waals surface area contributed by atoms with Gasteiger partial charge in [-0.05, 0) is 32.6 Å². The van der Waals surface area contributed by atoms with Crippen molar-refractivity contribution in [3.8, 4) is 0 Å². The van der Waals surface area contributed by atoms with Crippen LogP contribution in [-0.2, 0) is 20.3 Å². The Morgan fingerprint density at radius 2 is 2.00 bits per heavy atom. The SMILES string of the molecule is CCOC(=O)C1(N)CC2CCCC(C1)S2=O. The molecule has 2 atom stereocenters. The number of carbonyl (C=O) groups is 1. The molecule has 2 N–H and O–H groups in total.